The lowest BCUT2D eigenvalue weighted by molar-refractivity contribution is 0.432. The van der Waals surface area contributed by atoms with Crippen molar-refractivity contribution in [2.24, 2.45) is 0 Å². The maximum atomic E-state index is 13.2. The summed E-state index contributed by atoms with van der Waals surface area (Å²) in [6, 6.07) is 8.25. The standard InChI is InChI=1S/C14H8BrF2N3O/c15-10-5-7(1-4-11(10)17)13-19-14(21-20-13)9-3-2-8(16)6-12(9)18/h1-6H,18H2. The van der Waals surface area contributed by atoms with Crippen LogP contribution in [0.4, 0.5) is 14.5 Å². The zero-order chi connectivity index (χ0) is 15.0. The summed E-state index contributed by atoms with van der Waals surface area (Å²) in [6.45, 7) is 0. The van der Waals surface area contributed by atoms with E-state index in [1.807, 2.05) is 0 Å². The highest BCUT2D eigenvalue weighted by atomic mass is 79.9. The second kappa shape index (κ2) is 5.25. The van der Waals surface area contributed by atoms with Crippen LogP contribution in [-0.4, -0.2) is 10.1 Å². The molecule has 0 radical (unpaired) electrons. The average Bonchev–Trinajstić information content (AvgIpc) is 2.91. The summed E-state index contributed by atoms with van der Waals surface area (Å²) in [5.74, 6) is -0.374. The van der Waals surface area contributed by atoms with Crippen LogP contribution in [0.3, 0.4) is 0 Å². The largest absolute Gasteiger partial charge is 0.398 e. The molecule has 0 unspecified atom stereocenters. The molecule has 1 aromatic heterocycles. The number of benzene rings is 2. The summed E-state index contributed by atoms with van der Waals surface area (Å²) in [7, 11) is 0. The Kier molecular flexibility index (Phi) is 3.42. The molecule has 3 aromatic rings. The summed E-state index contributed by atoms with van der Waals surface area (Å²) in [4.78, 5) is 4.19. The molecule has 0 aliphatic heterocycles. The van der Waals surface area contributed by atoms with E-state index in [2.05, 4.69) is 26.1 Å². The smallest absolute Gasteiger partial charge is 0.260 e. The number of halogens is 3. The van der Waals surface area contributed by atoms with Gasteiger partial charge in [-0.15, -0.1) is 0 Å². The first-order chi connectivity index (χ1) is 10.0. The maximum absolute atomic E-state index is 13.2. The highest BCUT2D eigenvalue weighted by Crippen LogP contribution is 2.28. The Labute approximate surface area is 126 Å². The van der Waals surface area contributed by atoms with Gasteiger partial charge in [-0.1, -0.05) is 5.16 Å². The molecule has 0 saturated carbocycles. The Hall–Kier alpha value is -2.28. The van der Waals surface area contributed by atoms with Crippen molar-refractivity contribution in [2.75, 3.05) is 5.73 Å². The van der Waals surface area contributed by atoms with Gasteiger partial charge in [0.25, 0.3) is 5.89 Å². The fourth-order valence-corrected chi connectivity index (χ4v) is 2.19. The predicted molar refractivity (Wildman–Crippen MR) is 77.2 cm³/mol. The van der Waals surface area contributed by atoms with Crippen LogP contribution >= 0.6 is 15.9 Å². The third-order valence-corrected chi connectivity index (χ3v) is 3.46. The molecule has 0 saturated heterocycles. The van der Waals surface area contributed by atoms with E-state index in [0.29, 0.717) is 15.6 Å². The van der Waals surface area contributed by atoms with E-state index < -0.39 is 5.82 Å². The summed E-state index contributed by atoms with van der Waals surface area (Å²) in [5.41, 5.74) is 6.94. The molecule has 21 heavy (non-hydrogen) atoms. The number of nitrogen functional groups attached to an aromatic ring is 1. The highest BCUT2D eigenvalue weighted by molar-refractivity contribution is 9.10. The lowest BCUT2D eigenvalue weighted by Crippen LogP contribution is -1.91. The molecule has 2 N–H and O–H groups in total. The topological polar surface area (TPSA) is 64.9 Å². The molecule has 0 aliphatic carbocycles. The first-order valence-corrected chi connectivity index (χ1v) is 6.68. The lowest BCUT2D eigenvalue weighted by atomic mass is 10.1. The van der Waals surface area contributed by atoms with Crippen LogP contribution in [0.1, 0.15) is 0 Å². The zero-order valence-electron chi connectivity index (χ0n) is 10.5. The predicted octanol–water partition coefficient (Wildman–Crippen LogP) is 4.03. The molecule has 0 spiro atoms. The fourth-order valence-electron chi connectivity index (χ4n) is 1.81. The number of rotatable bonds is 2. The molecule has 4 nitrogen and oxygen atoms in total. The van der Waals surface area contributed by atoms with Crippen LogP contribution in [0.15, 0.2) is 45.4 Å². The molecular weight excluding hydrogens is 344 g/mol. The molecule has 2 aromatic carbocycles. The minimum absolute atomic E-state index is 0.169. The Balaban J connectivity index is 2.01. The molecule has 1 heterocycles. The summed E-state index contributed by atoms with van der Waals surface area (Å²) >= 11 is 3.09. The molecule has 0 bridgehead atoms. The Morgan fingerprint density at radius 3 is 2.62 bits per heavy atom. The van der Waals surface area contributed by atoms with Gasteiger partial charge in [0, 0.05) is 11.3 Å². The number of hydrogen-bond donors (Lipinski definition) is 1. The van der Waals surface area contributed by atoms with Crippen molar-refractivity contribution in [3.05, 3.63) is 52.5 Å². The van der Waals surface area contributed by atoms with Crippen molar-refractivity contribution >= 4 is 21.6 Å². The van der Waals surface area contributed by atoms with Crippen LogP contribution in [0.5, 0.6) is 0 Å². The molecule has 7 heteroatoms. The van der Waals surface area contributed by atoms with E-state index in [1.165, 1.54) is 36.4 Å². The normalized spacial score (nSPS) is 10.8. The maximum Gasteiger partial charge on any atom is 0.260 e. The van der Waals surface area contributed by atoms with E-state index in [0.717, 1.165) is 0 Å². The van der Waals surface area contributed by atoms with Crippen molar-refractivity contribution in [2.45, 2.75) is 0 Å². The minimum Gasteiger partial charge on any atom is -0.398 e. The van der Waals surface area contributed by atoms with Gasteiger partial charge >= 0.3 is 0 Å². The van der Waals surface area contributed by atoms with Crippen LogP contribution in [0.25, 0.3) is 22.8 Å². The molecule has 0 aliphatic rings. The van der Waals surface area contributed by atoms with Gasteiger partial charge in [0.2, 0.25) is 5.82 Å². The molecule has 0 atom stereocenters. The van der Waals surface area contributed by atoms with E-state index in [4.69, 9.17) is 10.3 Å². The Bertz CT molecular complexity index is 820. The average molecular weight is 352 g/mol. The summed E-state index contributed by atoms with van der Waals surface area (Å²) < 4.78 is 31.7. The van der Waals surface area contributed by atoms with Crippen molar-refractivity contribution < 1.29 is 13.3 Å². The van der Waals surface area contributed by atoms with E-state index in [1.54, 1.807) is 0 Å². The van der Waals surface area contributed by atoms with Gasteiger partial charge in [-0.25, -0.2) is 8.78 Å². The van der Waals surface area contributed by atoms with Gasteiger partial charge in [0.15, 0.2) is 0 Å². The van der Waals surface area contributed by atoms with Crippen molar-refractivity contribution in [1.29, 1.82) is 0 Å². The summed E-state index contributed by atoms with van der Waals surface area (Å²) in [5, 5.41) is 3.82. The van der Waals surface area contributed by atoms with E-state index in [9.17, 15) is 8.78 Å². The van der Waals surface area contributed by atoms with Gasteiger partial charge in [0.1, 0.15) is 11.6 Å². The van der Waals surface area contributed by atoms with Crippen LogP contribution < -0.4 is 5.73 Å². The minimum atomic E-state index is -0.446. The quantitative estimate of drug-likeness (QED) is 0.708. The highest BCUT2D eigenvalue weighted by Gasteiger charge is 2.14. The monoisotopic (exact) mass is 351 g/mol. The first-order valence-electron chi connectivity index (χ1n) is 5.89. The number of nitrogens with two attached hydrogens (primary N) is 1. The van der Waals surface area contributed by atoms with Gasteiger partial charge in [-0.05, 0) is 52.3 Å². The fraction of sp³-hybridized carbons (Fsp3) is 0. The second-order valence-electron chi connectivity index (χ2n) is 4.28. The van der Waals surface area contributed by atoms with Crippen molar-refractivity contribution in [1.82, 2.24) is 10.1 Å². The number of aromatic nitrogens is 2. The van der Waals surface area contributed by atoms with E-state index >= 15 is 0 Å². The number of anilines is 1. The van der Waals surface area contributed by atoms with Crippen molar-refractivity contribution in [3.8, 4) is 22.8 Å². The first kappa shape index (κ1) is 13.7. The SMILES string of the molecule is Nc1cc(F)ccc1-c1nc(-c2ccc(F)c(Br)c2)no1. The van der Waals surface area contributed by atoms with Gasteiger partial charge in [-0.2, -0.15) is 4.98 Å². The van der Waals surface area contributed by atoms with Crippen LogP contribution in [0.2, 0.25) is 0 Å². The Morgan fingerprint density at radius 2 is 1.90 bits per heavy atom. The van der Waals surface area contributed by atoms with Crippen LogP contribution in [-0.2, 0) is 0 Å². The van der Waals surface area contributed by atoms with Crippen molar-refractivity contribution in [3.63, 3.8) is 0 Å². The molecule has 0 fully saturated rings. The Morgan fingerprint density at radius 1 is 1.10 bits per heavy atom. The van der Waals surface area contributed by atoms with Gasteiger partial charge in [0.05, 0.1) is 10.0 Å². The van der Waals surface area contributed by atoms with Gasteiger partial charge in [-0.3, -0.25) is 0 Å². The third kappa shape index (κ3) is 2.64. The summed E-state index contributed by atoms with van der Waals surface area (Å²) in [6.07, 6.45) is 0. The number of hydrogen-bond acceptors (Lipinski definition) is 4. The second-order valence-corrected chi connectivity index (χ2v) is 5.14. The zero-order valence-corrected chi connectivity index (χ0v) is 12.1. The molecular formula is C14H8BrF2N3O. The van der Waals surface area contributed by atoms with Gasteiger partial charge < -0.3 is 10.3 Å². The number of nitrogens with zero attached hydrogens (tertiary/aromatic N) is 2. The third-order valence-electron chi connectivity index (χ3n) is 2.85. The molecule has 106 valence electrons. The lowest BCUT2D eigenvalue weighted by Gasteiger charge is -1.99. The van der Waals surface area contributed by atoms with Crippen LogP contribution in [0, 0.1) is 11.6 Å². The van der Waals surface area contributed by atoms with E-state index in [-0.39, 0.29) is 23.2 Å². The molecule has 3 rings (SSSR count). The molecule has 0 amide bonds.